The van der Waals surface area contributed by atoms with Gasteiger partial charge in [0.15, 0.2) is 0 Å². The second kappa shape index (κ2) is 4.63. The summed E-state index contributed by atoms with van der Waals surface area (Å²) in [6.45, 7) is 1.68. The number of halogens is 2. The van der Waals surface area contributed by atoms with Crippen molar-refractivity contribution in [2.45, 2.75) is 6.92 Å². The molecule has 2 rings (SSSR count). The largest absolute Gasteiger partial charge is 0.283 e. The molecule has 0 atom stereocenters. The highest BCUT2D eigenvalue weighted by Crippen LogP contribution is 2.18. The fourth-order valence-electron chi connectivity index (χ4n) is 1.64. The molecule has 0 bridgehead atoms. The van der Waals surface area contributed by atoms with E-state index >= 15 is 0 Å². The highest BCUT2D eigenvalue weighted by molar-refractivity contribution is 6.32. The lowest BCUT2D eigenvalue weighted by Crippen LogP contribution is -2.21. The van der Waals surface area contributed by atoms with Gasteiger partial charge in [-0.2, -0.15) is 5.26 Å². The Morgan fingerprint density at radius 1 is 1.44 bits per heavy atom. The summed E-state index contributed by atoms with van der Waals surface area (Å²) in [5.74, 6) is -0.453. The Kier molecular flexibility index (Phi) is 3.17. The van der Waals surface area contributed by atoms with E-state index in [0.717, 1.165) is 0 Å². The third-order valence-corrected chi connectivity index (χ3v) is 3.01. The van der Waals surface area contributed by atoms with Crippen LogP contribution in [-0.2, 0) is 0 Å². The van der Waals surface area contributed by atoms with Gasteiger partial charge >= 0.3 is 0 Å². The third kappa shape index (κ3) is 2.01. The molecule has 1 heterocycles. The van der Waals surface area contributed by atoms with E-state index in [9.17, 15) is 9.18 Å². The Bertz CT molecular complexity index is 716. The lowest BCUT2D eigenvalue weighted by atomic mass is 10.2. The van der Waals surface area contributed by atoms with Crippen molar-refractivity contribution in [3.8, 4) is 11.8 Å². The molecule has 90 valence electrons. The van der Waals surface area contributed by atoms with E-state index in [4.69, 9.17) is 16.9 Å². The lowest BCUT2D eigenvalue weighted by Gasteiger charge is -2.09. The molecule has 0 aliphatic heterocycles. The number of nitrogens with zero attached hydrogens (tertiary/aromatic N) is 2. The Morgan fingerprint density at radius 3 is 2.78 bits per heavy atom. The normalized spacial score (nSPS) is 10.1. The molecule has 3 nitrogen and oxygen atoms in total. The van der Waals surface area contributed by atoms with Gasteiger partial charge in [-0.1, -0.05) is 17.7 Å². The van der Waals surface area contributed by atoms with Crippen LogP contribution in [0.15, 0.2) is 35.3 Å². The van der Waals surface area contributed by atoms with Crippen LogP contribution in [0.4, 0.5) is 4.39 Å². The molecule has 0 aliphatic carbocycles. The van der Waals surface area contributed by atoms with E-state index in [2.05, 4.69) is 0 Å². The van der Waals surface area contributed by atoms with Gasteiger partial charge in [-0.3, -0.25) is 9.36 Å². The predicted octanol–water partition coefficient (Wildman–Crippen LogP) is 2.81. The zero-order chi connectivity index (χ0) is 13.3. The number of hydrogen-bond donors (Lipinski definition) is 0. The number of pyridine rings is 1. The molecule has 0 saturated carbocycles. The molecule has 2 aromatic rings. The molecule has 0 aliphatic rings. The van der Waals surface area contributed by atoms with Gasteiger partial charge < -0.3 is 0 Å². The number of aromatic nitrogens is 1. The zero-order valence-corrected chi connectivity index (χ0v) is 10.2. The standard InChI is InChI=1S/C13H8ClFN2O/c1-8-7-17(10-4-2-3-9(15)5-10)13(18)11(6-16)12(8)14/h2-5,7H,1H3. The Labute approximate surface area is 108 Å². The van der Waals surface area contributed by atoms with Crippen molar-refractivity contribution in [3.05, 3.63) is 62.8 Å². The maximum absolute atomic E-state index is 13.1. The average Bonchev–Trinajstić information content (AvgIpc) is 2.34. The Morgan fingerprint density at radius 2 is 2.17 bits per heavy atom. The zero-order valence-electron chi connectivity index (χ0n) is 9.45. The van der Waals surface area contributed by atoms with Crippen molar-refractivity contribution < 1.29 is 4.39 Å². The van der Waals surface area contributed by atoms with Gasteiger partial charge in [-0.25, -0.2) is 4.39 Å². The molecule has 1 aromatic carbocycles. The monoisotopic (exact) mass is 262 g/mol. The van der Waals surface area contributed by atoms with Crippen LogP contribution in [0.2, 0.25) is 5.02 Å². The van der Waals surface area contributed by atoms with E-state index < -0.39 is 11.4 Å². The van der Waals surface area contributed by atoms with Gasteiger partial charge in [-0.05, 0) is 30.7 Å². The van der Waals surface area contributed by atoms with Crippen LogP contribution in [0.3, 0.4) is 0 Å². The minimum absolute atomic E-state index is 0.134. The van der Waals surface area contributed by atoms with Gasteiger partial charge in [0.2, 0.25) is 0 Å². The summed E-state index contributed by atoms with van der Waals surface area (Å²) >= 11 is 5.88. The fraction of sp³-hybridized carbons (Fsp3) is 0.0769. The van der Waals surface area contributed by atoms with Crippen molar-refractivity contribution in [3.63, 3.8) is 0 Å². The predicted molar refractivity (Wildman–Crippen MR) is 66.5 cm³/mol. The topological polar surface area (TPSA) is 45.8 Å². The van der Waals surface area contributed by atoms with Crippen LogP contribution in [0, 0.1) is 24.1 Å². The summed E-state index contributed by atoms with van der Waals surface area (Å²) in [7, 11) is 0. The van der Waals surface area contributed by atoms with E-state index in [1.165, 1.54) is 29.0 Å². The van der Waals surface area contributed by atoms with Crippen molar-refractivity contribution in [1.29, 1.82) is 5.26 Å². The van der Waals surface area contributed by atoms with Crippen molar-refractivity contribution in [2.75, 3.05) is 0 Å². The first-order valence-electron chi connectivity index (χ1n) is 5.12. The van der Waals surface area contributed by atoms with Gasteiger partial charge in [0.1, 0.15) is 17.4 Å². The van der Waals surface area contributed by atoms with E-state index in [1.807, 2.05) is 0 Å². The van der Waals surface area contributed by atoms with E-state index in [0.29, 0.717) is 11.3 Å². The summed E-state index contributed by atoms with van der Waals surface area (Å²) in [5.41, 5.74) is 0.243. The van der Waals surface area contributed by atoms with Crippen LogP contribution < -0.4 is 5.56 Å². The average molecular weight is 263 g/mol. The molecule has 0 fully saturated rings. The third-order valence-electron chi connectivity index (χ3n) is 2.52. The fourth-order valence-corrected chi connectivity index (χ4v) is 1.81. The first-order valence-corrected chi connectivity index (χ1v) is 5.50. The van der Waals surface area contributed by atoms with Crippen LogP contribution in [-0.4, -0.2) is 4.57 Å². The number of hydrogen-bond acceptors (Lipinski definition) is 2. The number of benzene rings is 1. The molecule has 0 amide bonds. The second-order valence-electron chi connectivity index (χ2n) is 3.77. The summed E-state index contributed by atoms with van der Waals surface area (Å²) in [4.78, 5) is 12.0. The maximum atomic E-state index is 13.1. The molecule has 0 spiro atoms. The molecule has 0 N–H and O–H groups in total. The van der Waals surface area contributed by atoms with Gasteiger partial charge in [0, 0.05) is 6.20 Å². The summed E-state index contributed by atoms with van der Waals surface area (Å²) in [5, 5.41) is 9.06. The Hall–Kier alpha value is -2.12. The highest BCUT2D eigenvalue weighted by Gasteiger charge is 2.12. The van der Waals surface area contributed by atoms with Crippen LogP contribution in [0.25, 0.3) is 5.69 Å². The molecule has 1 aromatic heterocycles. The summed E-state index contributed by atoms with van der Waals surface area (Å²) in [6.07, 6.45) is 1.49. The maximum Gasteiger partial charge on any atom is 0.274 e. The minimum Gasteiger partial charge on any atom is -0.283 e. The molecular weight excluding hydrogens is 255 g/mol. The van der Waals surface area contributed by atoms with Crippen LogP contribution in [0.5, 0.6) is 0 Å². The summed E-state index contributed by atoms with van der Waals surface area (Å²) < 4.78 is 14.4. The first-order chi connectivity index (χ1) is 8.54. The Balaban J connectivity index is 2.78. The molecule has 0 radical (unpaired) electrons. The molecule has 0 saturated heterocycles. The van der Waals surface area contributed by atoms with Crippen molar-refractivity contribution >= 4 is 11.6 Å². The molecule has 18 heavy (non-hydrogen) atoms. The SMILES string of the molecule is Cc1cn(-c2cccc(F)c2)c(=O)c(C#N)c1Cl. The lowest BCUT2D eigenvalue weighted by molar-refractivity contribution is 0.626. The molecule has 0 unspecified atom stereocenters. The smallest absolute Gasteiger partial charge is 0.274 e. The molecule has 5 heteroatoms. The van der Waals surface area contributed by atoms with E-state index in [-0.39, 0.29) is 10.6 Å². The van der Waals surface area contributed by atoms with Gasteiger partial charge in [-0.15, -0.1) is 0 Å². The highest BCUT2D eigenvalue weighted by atomic mass is 35.5. The van der Waals surface area contributed by atoms with Gasteiger partial charge in [0.05, 0.1) is 10.7 Å². The number of rotatable bonds is 1. The van der Waals surface area contributed by atoms with Crippen molar-refractivity contribution in [2.24, 2.45) is 0 Å². The first kappa shape index (κ1) is 12.3. The number of aryl methyl sites for hydroxylation is 1. The second-order valence-corrected chi connectivity index (χ2v) is 4.15. The minimum atomic E-state index is -0.557. The number of nitriles is 1. The van der Waals surface area contributed by atoms with Crippen LogP contribution >= 0.6 is 11.6 Å². The summed E-state index contributed by atoms with van der Waals surface area (Å²) in [6, 6.07) is 7.34. The quantitative estimate of drug-likeness (QED) is 0.793. The van der Waals surface area contributed by atoms with Crippen LogP contribution in [0.1, 0.15) is 11.1 Å². The molecular formula is C13H8ClFN2O. The van der Waals surface area contributed by atoms with Crippen molar-refractivity contribution in [1.82, 2.24) is 4.57 Å². The van der Waals surface area contributed by atoms with E-state index in [1.54, 1.807) is 19.1 Å². The van der Waals surface area contributed by atoms with Gasteiger partial charge in [0.25, 0.3) is 5.56 Å².